The first-order valence-electron chi connectivity index (χ1n) is 9.13. The Kier molecular flexibility index (Phi) is 5.35. The number of hydrogen-bond donors (Lipinski definition) is 0. The minimum Gasteiger partial charge on any atom is -0.459 e. The molecule has 0 N–H and O–H groups in total. The van der Waals surface area contributed by atoms with E-state index in [0.717, 1.165) is 56.0 Å². The van der Waals surface area contributed by atoms with E-state index in [0.29, 0.717) is 17.5 Å². The Hall–Kier alpha value is -2.45. The second kappa shape index (κ2) is 8.06. The molecule has 3 aromatic heterocycles. The highest BCUT2D eigenvalue weighted by atomic mass is 32.1. The number of carbonyl (C=O) groups is 1. The lowest BCUT2D eigenvalue weighted by Crippen LogP contribution is -2.48. The summed E-state index contributed by atoms with van der Waals surface area (Å²) >= 11 is 1.61. The maximum absolute atomic E-state index is 12.5. The molecule has 0 radical (unpaired) electrons. The number of aryl methyl sites for hydroxylation is 2. The van der Waals surface area contributed by atoms with Crippen LogP contribution in [0.5, 0.6) is 0 Å². The van der Waals surface area contributed by atoms with Gasteiger partial charge < -0.3 is 13.8 Å². The average Bonchev–Trinajstić information content (AvgIpc) is 3.43. The molecule has 8 heteroatoms. The fraction of sp³-hybridized carbons (Fsp3) is 0.421. The minimum absolute atomic E-state index is 0.0101. The molecule has 0 unspecified atom stereocenters. The molecule has 3 aromatic rings. The third-order valence-corrected chi connectivity index (χ3v) is 5.66. The summed E-state index contributed by atoms with van der Waals surface area (Å²) in [5.41, 5.74) is 0.893. The molecule has 142 valence electrons. The number of carbonyl (C=O) groups excluding carboxylic acids is 1. The molecule has 1 saturated heterocycles. The van der Waals surface area contributed by atoms with Crippen LogP contribution in [0.3, 0.4) is 0 Å². The molecule has 0 aliphatic carbocycles. The summed E-state index contributed by atoms with van der Waals surface area (Å²) in [6, 6.07) is 5.79. The van der Waals surface area contributed by atoms with Gasteiger partial charge in [0.25, 0.3) is 5.91 Å². The molecule has 27 heavy (non-hydrogen) atoms. The van der Waals surface area contributed by atoms with Crippen molar-refractivity contribution in [3.05, 3.63) is 47.1 Å². The molecule has 0 saturated carbocycles. The van der Waals surface area contributed by atoms with E-state index in [4.69, 9.17) is 8.94 Å². The molecule has 1 amide bonds. The van der Waals surface area contributed by atoms with Crippen molar-refractivity contribution in [2.45, 2.75) is 19.8 Å². The largest absolute Gasteiger partial charge is 0.459 e. The number of hydrogen-bond acceptors (Lipinski definition) is 7. The molecule has 4 heterocycles. The summed E-state index contributed by atoms with van der Waals surface area (Å²) in [6.07, 6.45) is 3.29. The van der Waals surface area contributed by atoms with Gasteiger partial charge in [-0.25, -0.2) is 0 Å². The van der Waals surface area contributed by atoms with Crippen LogP contribution in [0.4, 0.5) is 0 Å². The predicted octanol–water partition coefficient (Wildman–Crippen LogP) is 3.09. The van der Waals surface area contributed by atoms with Crippen molar-refractivity contribution >= 4 is 17.2 Å². The van der Waals surface area contributed by atoms with Crippen LogP contribution in [0.1, 0.15) is 28.4 Å². The zero-order valence-electron chi connectivity index (χ0n) is 15.3. The van der Waals surface area contributed by atoms with Crippen molar-refractivity contribution in [3.63, 3.8) is 0 Å². The van der Waals surface area contributed by atoms with Crippen LogP contribution in [-0.4, -0.2) is 58.6 Å². The highest BCUT2D eigenvalue weighted by Gasteiger charge is 2.24. The van der Waals surface area contributed by atoms with Gasteiger partial charge in [0.1, 0.15) is 0 Å². The summed E-state index contributed by atoms with van der Waals surface area (Å²) < 4.78 is 10.7. The number of amides is 1. The molecule has 0 spiro atoms. The summed E-state index contributed by atoms with van der Waals surface area (Å²) in [5, 5.41) is 6.05. The molecule has 0 aromatic carbocycles. The van der Waals surface area contributed by atoms with Crippen LogP contribution in [0.2, 0.25) is 0 Å². The van der Waals surface area contributed by atoms with Crippen molar-refractivity contribution in [1.29, 1.82) is 0 Å². The first kappa shape index (κ1) is 17.9. The number of piperazine rings is 1. The van der Waals surface area contributed by atoms with E-state index in [1.807, 2.05) is 35.4 Å². The molecule has 4 rings (SSSR count). The summed E-state index contributed by atoms with van der Waals surface area (Å²) in [5.74, 6) is 1.80. The van der Waals surface area contributed by atoms with Gasteiger partial charge in [-0.2, -0.15) is 4.98 Å². The Morgan fingerprint density at radius 3 is 2.81 bits per heavy atom. The molecule has 1 aliphatic heterocycles. The first-order valence-corrected chi connectivity index (χ1v) is 10.0. The molecular weight excluding hydrogens is 364 g/mol. The lowest BCUT2D eigenvalue weighted by molar-refractivity contribution is 0.0604. The highest BCUT2D eigenvalue weighted by molar-refractivity contribution is 7.13. The smallest absolute Gasteiger partial charge is 0.289 e. The maximum Gasteiger partial charge on any atom is 0.289 e. The lowest BCUT2D eigenvalue weighted by atomic mass is 10.2. The molecule has 7 nitrogen and oxygen atoms in total. The monoisotopic (exact) mass is 386 g/mol. The van der Waals surface area contributed by atoms with Crippen LogP contribution < -0.4 is 0 Å². The van der Waals surface area contributed by atoms with E-state index >= 15 is 0 Å². The number of nitrogens with zero attached hydrogens (tertiary/aromatic N) is 4. The maximum atomic E-state index is 12.5. The SMILES string of the molecule is Cc1ccoc1C(=O)N1CCN(CCCc2nc(-c3cccs3)no2)CC1. The second-order valence-electron chi connectivity index (χ2n) is 6.66. The third kappa shape index (κ3) is 4.12. The van der Waals surface area contributed by atoms with E-state index in [2.05, 4.69) is 15.0 Å². The Bertz CT molecular complexity index is 879. The van der Waals surface area contributed by atoms with Gasteiger partial charge >= 0.3 is 0 Å². The fourth-order valence-electron chi connectivity index (χ4n) is 3.23. The molecule has 0 bridgehead atoms. The zero-order valence-corrected chi connectivity index (χ0v) is 16.1. The van der Waals surface area contributed by atoms with Crippen molar-refractivity contribution in [2.24, 2.45) is 0 Å². The summed E-state index contributed by atoms with van der Waals surface area (Å²) in [7, 11) is 0. The average molecular weight is 386 g/mol. The third-order valence-electron chi connectivity index (χ3n) is 4.79. The molecule has 0 atom stereocenters. The number of thiophene rings is 1. The topological polar surface area (TPSA) is 75.6 Å². The number of rotatable bonds is 6. The Balaban J connectivity index is 1.21. The molecule has 1 fully saturated rings. The lowest BCUT2D eigenvalue weighted by Gasteiger charge is -2.34. The number of furan rings is 1. The predicted molar refractivity (Wildman–Crippen MR) is 102 cm³/mol. The van der Waals surface area contributed by atoms with Crippen LogP contribution in [-0.2, 0) is 6.42 Å². The van der Waals surface area contributed by atoms with Crippen molar-refractivity contribution in [1.82, 2.24) is 19.9 Å². The van der Waals surface area contributed by atoms with Crippen LogP contribution in [0.15, 0.2) is 38.8 Å². The van der Waals surface area contributed by atoms with E-state index in [1.54, 1.807) is 17.6 Å². The van der Waals surface area contributed by atoms with Crippen LogP contribution in [0.25, 0.3) is 10.7 Å². The van der Waals surface area contributed by atoms with Crippen LogP contribution in [0, 0.1) is 6.92 Å². The summed E-state index contributed by atoms with van der Waals surface area (Å²) in [4.78, 5) is 22.2. The standard InChI is InChI=1S/C19H22N4O3S/c1-14-6-12-25-17(14)19(24)23-10-8-22(9-11-23)7-2-5-16-20-18(21-26-16)15-4-3-13-27-15/h3-4,6,12-13H,2,5,7-11H2,1H3. The second-order valence-corrected chi connectivity index (χ2v) is 7.61. The number of aromatic nitrogens is 2. The Morgan fingerprint density at radius 1 is 1.26 bits per heavy atom. The zero-order chi connectivity index (χ0) is 18.6. The van der Waals surface area contributed by atoms with E-state index < -0.39 is 0 Å². The van der Waals surface area contributed by atoms with E-state index in [9.17, 15) is 4.79 Å². The van der Waals surface area contributed by atoms with Crippen molar-refractivity contribution < 1.29 is 13.7 Å². The van der Waals surface area contributed by atoms with Crippen molar-refractivity contribution in [2.75, 3.05) is 32.7 Å². The summed E-state index contributed by atoms with van der Waals surface area (Å²) in [6.45, 7) is 6.04. The van der Waals surface area contributed by atoms with Gasteiger partial charge in [-0.1, -0.05) is 11.2 Å². The first-order chi connectivity index (χ1) is 13.2. The van der Waals surface area contributed by atoms with Gasteiger partial charge in [-0.15, -0.1) is 11.3 Å². The minimum atomic E-state index is -0.0101. The molecule has 1 aliphatic rings. The van der Waals surface area contributed by atoms with Gasteiger partial charge in [-0.05, 0) is 37.4 Å². The Labute approximate surface area is 161 Å². The van der Waals surface area contributed by atoms with Crippen molar-refractivity contribution in [3.8, 4) is 10.7 Å². The van der Waals surface area contributed by atoms with Gasteiger partial charge in [0, 0.05) is 38.2 Å². The van der Waals surface area contributed by atoms with E-state index in [-0.39, 0.29) is 5.91 Å². The van der Waals surface area contributed by atoms with Gasteiger partial charge in [-0.3, -0.25) is 9.69 Å². The van der Waals surface area contributed by atoms with Gasteiger partial charge in [0.2, 0.25) is 11.7 Å². The highest BCUT2D eigenvalue weighted by Crippen LogP contribution is 2.21. The van der Waals surface area contributed by atoms with Gasteiger partial charge in [0.05, 0.1) is 11.1 Å². The Morgan fingerprint density at radius 2 is 2.11 bits per heavy atom. The van der Waals surface area contributed by atoms with E-state index in [1.165, 1.54) is 0 Å². The van der Waals surface area contributed by atoms with Crippen LogP contribution >= 0.6 is 11.3 Å². The normalized spacial score (nSPS) is 15.4. The quantitative estimate of drug-likeness (QED) is 0.648. The fourth-order valence-corrected chi connectivity index (χ4v) is 3.88. The van der Waals surface area contributed by atoms with Gasteiger partial charge in [0.15, 0.2) is 5.76 Å². The molecular formula is C19H22N4O3S.